The summed E-state index contributed by atoms with van der Waals surface area (Å²) in [6, 6.07) is 16.9. The monoisotopic (exact) mass is 391 g/mol. The Bertz CT molecular complexity index is 955. The molecule has 1 aromatic heterocycles. The maximum Gasteiger partial charge on any atom is 0.317 e. The number of piperazine rings is 1. The van der Waals surface area contributed by atoms with E-state index in [4.69, 9.17) is 0 Å². The second-order valence-corrected chi connectivity index (χ2v) is 7.73. The van der Waals surface area contributed by atoms with Gasteiger partial charge in [0.15, 0.2) is 0 Å². The molecule has 0 unspecified atom stereocenters. The Morgan fingerprint density at radius 1 is 1.03 bits per heavy atom. The van der Waals surface area contributed by atoms with Crippen LogP contribution in [0.1, 0.15) is 5.56 Å². The van der Waals surface area contributed by atoms with Crippen molar-refractivity contribution in [3.8, 4) is 0 Å². The van der Waals surface area contributed by atoms with E-state index in [0.29, 0.717) is 6.54 Å². The lowest BCUT2D eigenvalue weighted by Gasteiger charge is -2.36. The van der Waals surface area contributed by atoms with Crippen molar-refractivity contribution < 1.29 is 4.79 Å². The molecular formula is C23H29N5O. The number of amides is 2. The van der Waals surface area contributed by atoms with Crippen LogP contribution in [0.25, 0.3) is 10.9 Å². The minimum atomic E-state index is 0.0347. The van der Waals surface area contributed by atoms with Crippen molar-refractivity contribution in [3.63, 3.8) is 0 Å². The standard InChI is InChI=1S/C23H29N5O/c1-26(2)19-7-9-20(10-8-19)27-13-15-28(16-14-27)23(29)24-12-11-18-17-25-22-6-4-3-5-21(18)22/h3-10,17,25H,11-16H2,1-2H3,(H,24,29). The van der Waals surface area contributed by atoms with Crippen LogP contribution in [-0.4, -0.2) is 62.7 Å². The maximum atomic E-state index is 12.5. The first-order chi connectivity index (χ1) is 14.1. The summed E-state index contributed by atoms with van der Waals surface area (Å²) in [5.41, 5.74) is 4.80. The number of urea groups is 1. The zero-order valence-corrected chi connectivity index (χ0v) is 17.2. The van der Waals surface area contributed by atoms with Crippen molar-refractivity contribution in [2.75, 3.05) is 56.6 Å². The van der Waals surface area contributed by atoms with Crippen molar-refractivity contribution >= 4 is 28.3 Å². The number of hydrogen-bond acceptors (Lipinski definition) is 3. The molecule has 3 aromatic rings. The first-order valence-corrected chi connectivity index (χ1v) is 10.2. The summed E-state index contributed by atoms with van der Waals surface area (Å²) in [5, 5.41) is 4.31. The van der Waals surface area contributed by atoms with E-state index in [1.165, 1.54) is 22.3 Å². The molecule has 29 heavy (non-hydrogen) atoms. The molecule has 0 atom stereocenters. The second-order valence-electron chi connectivity index (χ2n) is 7.73. The molecule has 1 aliphatic rings. The fraction of sp³-hybridized carbons (Fsp3) is 0.348. The number of benzene rings is 2. The van der Waals surface area contributed by atoms with Crippen molar-refractivity contribution in [2.24, 2.45) is 0 Å². The molecule has 2 aromatic carbocycles. The maximum absolute atomic E-state index is 12.5. The summed E-state index contributed by atoms with van der Waals surface area (Å²) < 4.78 is 0. The fourth-order valence-corrected chi connectivity index (χ4v) is 3.88. The highest BCUT2D eigenvalue weighted by molar-refractivity contribution is 5.83. The van der Waals surface area contributed by atoms with E-state index in [9.17, 15) is 4.79 Å². The SMILES string of the molecule is CN(C)c1ccc(N2CCN(C(=O)NCCc3c[nH]c4ccccc34)CC2)cc1. The molecular weight excluding hydrogens is 362 g/mol. The average molecular weight is 392 g/mol. The van der Waals surface area contributed by atoms with Crippen LogP contribution in [0.15, 0.2) is 54.7 Å². The molecule has 4 rings (SSSR count). The molecule has 0 aliphatic carbocycles. The molecule has 2 N–H and O–H groups in total. The van der Waals surface area contributed by atoms with Gasteiger partial charge in [-0.3, -0.25) is 0 Å². The molecule has 1 aliphatic heterocycles. The highest BCUT2D eigenvalue weighted by atomic mass is 16.2. The van der Waals surface area contributed by atoms with Gasteiger partial charge >= 0.3 is 6.03 Å². The predicted molar refractivity (Wildman–Crippen MR) is 120 cm³/mol. The number of aromatic amines is 1. The van der Waals surface area contributed by atoms with Crippen LogP contribution in [0.2, 0.25) is 0 Å². The van der Waals surface area contributed by atoms with Gasteiger partial charge in [0.2, 0.25) is 0 Å². The van der Waals surface area contributed by atoms with E-state index in [-0.39, 0.29) is 6.03 Å². The molecule has 1 saturated heterocycles. The first-order valence-electron chi connectivity index (χ1n) is 10.2. The van der Waals surface area contributed by atoms with Crippen LogP contribution in [0.4, 0.5) is 16.2 Å². The van der Waals surface area contributed by atoms with Gasteiger partial charge in [-0.25, -0.2) is 4.79 Å². The van der Waals surface area contributed by atoms with Gasteiger partial charge in [0.1, 0.15) is 0 Å². The van der Waals surface area contributed by atoms with Crippen LogP contribution in [0.3, 0.4) is 0 Å². The second kappa shape index (κ2) is 8.47. The number of carbonyl (C=O) groups excluding carboxylic acids is 1. The number of fused-ring (bicyclic) bond motifs is 1. The normalized spacial score (nSPS) is 14.3. The lowest BCUT2D eigenvalue weighted by atomic mass is 10.1. The summed E-state index contributed by atoms with van der Waals surface area (Å²) in [4.78, 5) is 22.2. The number of H-pyrrole nitrogens is 1. The van der Waals surface area contributed by atoms with Crippen LogP contribution >= 0.6 is 0 Å². The lowest BCUT2D eigenvalue weighted by molar-refractivity contribution is 0.194. The largest absolute Gasteiger partial charge is 0.378 e. The van der Waals surface area contributed by atoms with Gasteiger partial charge in [0, 0.05) is 75.3 Å². The molecule has 1 fully saturated rings. The van der Waals surface area contributed by atoms with Gasteiger partial charge < -0.3 is 25.0 Å². The number of hydrogen-bond donors (Lipinski definition) is 2. The number of para-hydroxylation sites is 1. The van der Waals surface area contributed by atoms with Crippen molar-refractivity contribution in [1.82, 2.24) is 15.2 Å². The van der Waals surface area contributed by atoms with Crippen LogP contribution < -0.4 is 15.1 Å². The summed E-state index contributed by atoms with van der Waals surface area (Å²) in [6.07, 6.45) is 2.87. The smallest absolute Gasteiger partial charge is 0.317 e. The Hall–Kier alpha value is -3.15. The van der Waals surface area contributed by atoms with Crippen LogP contribution in [0.5, 0.6) is 0 Å². The van der Waals surface area contributed by atoms with E-state index in [2.05, 4.69) is 56.5 Å². The third-order valence-corrected chi connectivity index (χ3v) is 5.64. The number of rotatable bonds is 5. The molecule has 152 valence electrons. The Balaban J connectivity index is 1.24. The summed E-state index contributed by atoms with van der Waals surface area (Å²) in [5.74, 6) is 0. The van der Waals surface area contributed by atoms with E-state index in [0.717, 1.165) is 38.1 Å². The highest BCUT2D eigenvalue weighted by Crippen LogP contribution is 2.21. The minimum Gasteiger partial charge on any atom is -0.378 e. The molecule has 0 bridgehead atoms. The van der Waals surface area contributed by atoms with E-state index in [1.54, 1.807) is 0 Å². The molecule has 2 heterocycles. The average Bonchev–Trinajstić information content (AvgIpc) is 3.17. The van der Waals surface area contributed by atoms with Gasteiger partial charge in [0.05, 0.1) is 0 Å². The Labute approximate surface area is 172 Å². The first kappa shape index (κ1) is 19.2. The molecule has 0 spiro atoms. The Morgan fingerprint density at radius 2 is 1.76 bits per heavy atom. The highest BCUT2D eigenvalue weighted by Gasteiger charge is 2.21. The van der Waals surface area contributed by atoms with Crippen molar-refractivity contribution in [2.45, 2.75) is 6.42 Å². The van der Waals surface area contributed by atoms with Gasteiger partial charge in [0.25, 0.3) is 0 Å². The van der Waals surface area contributed by atoms with Crippen LogP contribution in [0, 0.1) is 0 Å². The van der Waals surface area contributed by atoms with Gasteiger partial charge in [-0.1, -0.05) is 18.2 Å². The van der Waals surface area contributed by atoms with E-state index >= 15 is 0 Å². The predicted octanol–water partition coefficient (Wildman–Crippen LogP) is 3.31. The number of carbonyl (C=O) groups is 1. The number of nitrogens with zero attached hydrogens (tertiary/aromatic N) is 3. The molecule has 0 saturated carbocycles. The topological polar surface area (TPSA) is 54.6 Å². The minimum absolute atomic E-state index is 0.0347. The lowest BCUT2D eigenvalue weighted by Crippen LogP contribution is -2.52. The molecule has 2 amide bonds. The summed E-state index contributed by atoms with van der Waals surface area (Å²) in [6.45, 7) is 3.85. The van der Waals surface area contributed by atoms with Crippen molar-refractivity contribution in [1.29, 1.82) is 0 Å². The Kier molecular flexibility index (Phi) is 5.60. The van der Waals surface area contributed by atoms with E-state index < -0.39 is 0 Å². The van der Waals surface area contributed by atoms with E-state index in [1.807, 2.05) is 37.3 Å². The third kappa shape index (κ3) is 4.31. The van der Waals surface area contributed by atoms with Gasteiger partial charge in [-0.2, -0.15) is 0 Å². The number of aromatic nitrogens is 1. The molecule has 6 nitrogen and oxygen atoms in total. The third-order valence-electron chi connectivity index (χ3n) is 5.64. The van der Waals surface area contributed by atoms with Crippen molar-refractivity contribution in [3.05, 3.63) is 60.3 Å². The summed E-state index contributed by atoms with van der Waals surface area (Å²) in [7, 11) is 4.09. The zero-order valence-electron chi connectivity index (χ0n) is 17.2. The summed E-state index contributed by atoms with van der Waals surface area (Å²) >= 11 is 0. The quantitative estimate of drug-likeness (QED) is 0.702. The van der Waals surface area contributed by atoms with Gasteiger partial charge in [-0.15, -0.1) is 0 Å². The Morgan fingerprint density at radius 3 is 2.48 bits per heavy atom. The fourth-order valence-electron chi connectivity index (χ4n) is 3.88. The van der Waals surface area contributed by atoms with Gasteiger partial charge in [-0.05, 0) is 42.3 Å². The number of anilines is 2. The molecule has 0 radical (unpaired) electrons. The number of nitrogens with one attached hydrogen (secondary N) is 2. The van der Waals surface area contributed by atoms with Crippen LogP contribution in [-0.2, 0) is 6.42 Å². The molecule has 6 heteroatoms. The zero-order chi connectivity index (χ0) is 20.2.